The average molecular weight is 494 g/mol. The Hall–Kier alpha value is -2.23. The van der Waals surface area contributed by atoms with Crippen molar-refractivity contribution in [3.8, 4) is 0 Å². The molecule has 1 aliphatic heterocycles. The third-order valence-electron chi connectivity index (χ3n) is 5.76. The monoisotopic (exact) mass is 493 g/mol. The first-order chi connectivity index (χ1) is 15.4. The molecule has 0 spiro atoms. The van der Waals surface area contributed by atoms with Gasteiger partial charge in [0, 0.05) is 23.2 Å². The Labute approximate surface area is 200 Å². The molecule has 32 heavy (non-hydrogen) atoms. The van der Waals surface area contributed by atoms with E-state index in [4.69, 9.17) is 28.6 Å². The van der Waals surface area contributed by atoms with Gasteiger partial charge in [-0.2, -0.15) is 0 Å². The maximum absolute atomic E-state index is 12.9. The van der Waals surface area contributed by atoms with E-state index in [1.54, 1.807) is 4.90 Å². The second kappa shape index (κ2) is 10.1. The van der Waals surface area contributed by atoms with Gasteiger partial charge < -0.3 is 15.0 Å². The van der Waals surface area contributed by atoms with E-state index in [1.807, 2.05) is 24.3 Å². The van der Waals surface area contributed by atoms with Crippen molar-refractivity contribution in [2.45, 2.75) is 50.7 Å². The van der Waals surface area contributed by atoms with Crippen LogP contribution in [0.2, 0.25) is 5.02 Å². The zero-order valence-corrected chi connectivity index (χ0v) is 19.8. The number of amides is 2. The van der Waals surface area contributed by atoms with Crippen LogP contribution in [0.15, 0.2) is 24.3 Å². The number of nitrogens with one attached hydrogen (secondary N) is 2. The molecule has 1 aromatic carbocycles. The summed E-state index contributed by atoms with van der Waals surface area (Å²) in [5, 5.41) is 6.71. The number of piperazine rings is 1. The van der Waals surface area contributed by atoms with Gasteiger partial charge in [0.25, 0.3) is 5.91 Å². The Morgan fingerprint density at radius 1 is 1.25 bits per heavy atom. The lowest BCUT2D eigenvalue weighted by Gasteiger charge is -2.36. The Bertz CT molecular complexity index is 1050. The molecule has 2 amide bonds. The molecular formula is C22H24ClN3O4S2. The van der Waals surface area contributed by atoms with Crippen LogP contribution in [0, 0.1) is 0 Å². The molecule has 2 aliphatic rings. The molecule has 2 fully saturated rings. The number of thiocarbonyl (C=S) groups is 1. The largest absolute Gasteiger partial charge is 0.462 e. The lowest BCUT2D eigenvalue weighted by molar-refractivity contribution is -0.153. The number of halogens is 1. The van der Waals surface area contributed by atoms with Crippen molar-refractivity contribution in [3.63, 3.8) is 0 Å². The van der Waals surface area contributed by atoms with Gasteiger partial charge in [-0.1, -0.05) is 36.2 Å². The van der Waals surface area contributed by atoms with Gasteiger partial charge in [-0.3, -0.25) is 19.7 Å². The first kappa shape index (κ1) is 22.9. The summed E-state index contributed by atoms with van der Waals surface area (Å²) in [4.78, 5) is 39.8. The van der Waals surface area contributed by atoms with Gasteiger partial charge in [0.2, 0.25) is 5.91 Å². The molecule has 4 rings (SSSR count). The fourth-order valence-electron chi connectivity index (χ4n) is 4.12. The normalized spacial score (nSPS) is 19.5. The Kier molecular flexibility index (Phi) is 7.27. The lowest BCUT2D eigenvalue weighted by atomic mass is 9.98. The number of carbonyl (C=O) groups excluding carboxylic acids is 3. The van der Waals surface area contributed by atoms with Crippen LogP contribution in [0.4, 0.5) is 0 Å². The summed E-state index contributed by atoms with van der Waals surface area (Å²) in [6, 6.07) is 6.66. The molecule has 0 bridgehead atoms. The number of nitrogens with zero attached hydrogens (tertiary/aromatic N) is 1. The highest BCUT2D eigenvalue weighted by molar-refractivity contribution is 7.80. The SMILES string of the molecule is O=C(CC1C(=O)NCCN1C(=S)NC(=O)c1sc2ccccc2c1Cl)OC1CCCCC1. The molecule has 1 atom stereocenters. The molecule has 1 saturated heterocycles. The molecule has 1 unspecified atom stereocenters. The van der Waals surface area contributed by atoms with Crippen molar-refractivity contribution in [3.05, 3.63) is 34.2 Å². The summed E-state index contributed by atoms with van der Waals surface area (Å²) in [5.41, 5.74) is 0. The molecule has 1 saturated carbocycles. The maximum atomic E-state index is 12.9. The van der Waals surface area contributed by atoms with Crippen LogP contribution in [0.1, 0.15) is 48.2 Å². The summed E-state index contributed by atoms with van der Waals surface area (Å²) in [5.74, 6) is -1.17. The summed E-state index contributed by atoms with van der Waals surface area (Å²) < 4.78 is 6.48. The topological polar surface area (TPSA) is 87.7 Å². The second-order valence-electron chi connectivity index (χ2n) is 7.95. The number of fused-ring (bicyclic) bond motifs is 1. The van der Waals surface area contributed by atoms with Gasteiger partial charge in [-0.05, 0) is 44.0 Å². The molecule has 2 heterocycles. The van der Waals surface area contributed by atoms with Crippen molar-refractivity contribution in [2.75, 3.05) is 13.1 Å². The Balaban J connectivity index is 1.43. The number of hydrogen-bond donors (Lipinski definition) is 2. The third-order valence-corrected chi connectivity index (χ3v) is 7.77. The van der Waals surface area contributed by atoms with Crippen LogP contribution in [-0.4, -0.2) is 53.0 Å². The number of ether oxygens (including phenoxy) is 1. The van der Waals surface area contributed by atoms with E-state index in [0.717, 1.165) is 42.2 Å². The average Bonchev–Trinajstić information content (AvgIpc) is 3.12. The number of rotatable bonds is 4. The van der Waals surface area contributed by atoms with E-state index in [-0.39, 0.29) is 23.5 Å². The van der Waals surface area contributed by atoms with Crippen molar-refractivity contribution < 1.29 is 19.1 Å². The van der Waals surface area contributed by atoms with E-state index >= 15 is 0 Å². The molecule has 170 valence electrons. The fourth-order valence-corrected chi connectivity index (χ4v) is 5.84. The molecule has 7 nitrogen and oxygen atoms in total. The highest BCUT2D eigenvalue weighted by atomic mass is 35.5. The van der Waals surface area contributed by atoms with Crippen molar-refractivity contribution in [2.24, 2.45) is 0 Å². The summed E-state index contributed by atoms with van der Waals surface area (Å²) in [6.45, 7) is 0.749. The van der Waals surface area contributed by atoms with Gasteiger partial charge in [0.1, 0.15) is 17.0 Å². The number of esters is 1. The smallest absolute Gasteiger partial charge is 0.308 e. The first-order valence-corrected chi connectivity index (χ1v) is 12.3. The summed E-state index contributed by atoms with van der Waals surface area (Å²) >= 11 is 13.1. The van der Waals surface area contributed by atoms with Gasteiger partial charge in [-0.25, -0.2) is 0 Å². The molecule has 10 heteroatoms. The van der Waals surface area contributed by atoms with Gasteiger partial charge in [0.05, 0.1) is 11.4 Å². The van der Waals surface area contributed by atoms with Gasteiger partial charge in [0.15, 0.2) is 5.11 Å². The van der Waals surface area contributed by atoms with Crippen LogP contribution in [-0.2, 0) is 14.3 Å². The van der Waals surface area contributed by atoms with Crippen molar-refractivity contribution >= 4 is 68.1 Å². The number of carbonyl (C=O) groups is 3. The minimum Gasteiger partial charge on any atom is -0.462 e. The highest BCUT2D eigenvalue weighted by Crippen LogP contribution is 2.35. The number of thiophene rings is 1. The number of hydrogen-bond acceptors (Lipinski definition) is 6. The zero-order chi connectivity index (χ0) is 22.7. The van der Waals surface area contributed by atoms with Crippen molar-refractivity contribution in [1.82, 2.24) is 15.5 Å². The predicted molar refractivity (Wildman–Crippen MR) is 128 cm³/mol. The first-order valence-electron chi connectivity index (χ1n) is 10.7. The number of benzene rings is 1. The Morgan fingerprint density at radius 3 is 2.75 bits per heavy atom. The van der Waals surface area contributed by atoms with Crippen molar-refractivity contribution in [1.29, 1.82) is 0 Å². The standard InChI is InChI=1S/C22H24ClN3O4S2/c23-18-14-8-4-5-9-16(14)32-19(18)21(29)25-22(31)26-11-10-24-20(28)15(26)12-17(27)30-13-6-2-1-3-7-13/h4-5,8-9,13,15H,1-3,6-7,10-12H2,(H,24,28)(H,25,29,31). The van der Waals surface area contributed by atoms with Gasteiger partial charge >= 0.3 is 5.97 Å². The van der Waals surface area contributed by atoms with E-state index in [2.05, 4.69) is 10.6 Å². The van der Waals surface area contributed by atoms with Crippen LogP contribution in [0.3, 0.4) is 0 Å². The molecule has 1 aromatic heterocycles. The minimum absolute atomic E-state index is 0.0851. The summed E-state index contributed by atoms with van der Waals surface area (Å²) in [7, 11) is 0. The lowest BCUT2D eigenvalue weighted by Crippen LogP contribution is -2.60. The fraction of sp³-hybridized carbons (Fsp3) is 0.455. The van der Waals surface area contributed by atoms with E-state index in [1.165, 1.54) is 11.3 Å². The van der Waals surface area contributed by atoms with Crippen LogP contribution < -0.4 is 10.6 Å². The minimum atomic E-state index is -0.828. The van der Waals surface area contributed by atoms with Crippen LogP contribution in [0.25, 0.3) is 10.1 Å². The molecular weight excluding hydrogens is 470 g/mol. The van der Waals surface area contributed by atoms with Crippen LogP contribution in [0.5, 0.6) is 0 Å². The third kappa shape index (κ3) is 5.05. The highest BCUT2D eigenvalue weighted by Gasteiger charge is 2.35. The summed E-state index contributed by atoms with van der Waals surface area (Å²) in [6.07, 6.45) is 4.76. The van der Waals surface area contributed by atoms with E-state index in [0.29, 0.717) is 23.0 Å². The van der Waals surface area contributed by atoms with E-state index < -0.39 is 17.9 Å². The molecule has 2 N–H and O–H groups in total. The molecule has 1 aliphatic carbocycles. The zero-order valence-electron chi connectivity index (χ0n) is 17.4. The molecule has 0 radical (unpaired) electrons. The predicted octanol–water partition coefficient (Wildman–Crippen LogP) is 3.64. The quantitative estimate of drug-likeness (QED) is 0.499. The van der Waals surface area contributed by atoms with E-state index in [9.17, 15) is 14.4 Å². The van der Waals surface area contributed by atoms with Crippen LogP contribution >= 0.6 is 35.2 Å². The maximum Gasteiger partial charge on any atom is 0.308 e. The Morgan fingerprint density at radius 2 is 2.00 bits per heavy atom. The molecule has 2 aromatic rings. The van der Waals surface area contributed by atoms with Gasteiger partial charge in [-0.15, -0.1) is 11.3 Å². The second-order valence-corrected chi connectivity index (χ2v) is 9.77.